The lowest BCUT2D eigenvalue weighted by Crippen LogP contribution is -1.93. The van der Waals surface area contributed by atoms with Crippen LogP contribution in [0, 0.1) is 0 Å². The topological polar surface area (TPSA) is 55.1 Å². The second-order valence-electron chi connectivity index (χ2n) is 4.75. The summed E-state index contributed by atoms with van der Waals surface area (Å²) in [5.74, 6) is -0.958. The van der Waals surface area contributed by atoms with Gasteiger partial charge in [0.2, 0.25) is 0 Å². The molecule has 2 heterocycles. The van der Waals surface area contributed by atoms with Crippen molar-refractivity contribution in [3.8, 4) is 11.3 Å². The normalized spacial score (nSPS) is 11.3. The van der Waals surface area contributed by atoms with Gasteiger partial charge in [-0.25, -0.2) is 4.79 Å². The minimum atomic E-state index is -0.958. The van der Waals surface area contributed by atoms with Gasteiger partial charge in [-0.1, -0.05) is 30.3 Å². The van der Waals surface area contributed by atoms with E-state index in [1.807, 2.05) is 48.0 Å². The fourth-order valence-electron chi connectivity index (χ4n) is 2.58. The molecule has 4 nitrogen and oxygen atoms in total. The van der Waals surface area contributed by atoms with Crippen LogP contribution in [0.1, 0.15) is 5.56 Å². The summed E-state index contributed by atoms with van der Waals surface area (Å²) in [5, 5.41) is 9.90. The standard InChI is InChI=1S/C17H14N2O2/c1-19-15-11-18-10-9-13(15)14(7-8-16(20)21)17(19)12-5-3-2-4-6-12/h2-11H,1H3,(H,20,21). The third-order valence-corrected chi connectivity index (χ3v) is 3.48. The maximum atomic E-state index is 10.9. The number of aliphatic carboxylic acids is 1. The number of benzene rings is 1. The van der Waals surface area contributed by atoms with Crippen molar-refractivity contribution in [2.75, 3.05) is 0 Å². The van der Waals surface area contributed by atoms with E-state index in [-0.39, 0.29) is 0 Å². The Labute approximate surface area is 122 Å². The van der Waals surface area contributed by atoms with E-state index in [0.29, 0.717) is 0 Å². The van der Waals surface area contributed by atoms with Crippen LogP contribution < -0.4 is 0 Å². The van der Waals surface area contributed by atoms with Crippen molar-refractivity contribution in [2.24, 2.45) is 7.05 Å². The average molecular weight is 278 g/mol. The summed E-state index contributed by atoms with van der Waals surface area (Å²) in [6.45, 7) is 0. The van der Waals surface area contributed by atoms with E-state index in [1.165, 1.54) is 6.08 Å². The zero-order chi connectivity index (χ0) is 14.8. The fraction of sp³-hybridized carbons (Fsp3) is 0.0588. The number of rotatable bonds is 3. The minimum Gasteiger partial charge on any atom is -0.478 e. The number of carbonyl (C=O) groups is 1. The Morgan fingerprint density at radius 1 is 1.24 bits per heavy atom. The summed E-state index contributed by atoms with van der Waals surface area (Å²) in [7, 11) is 1.96. The van der Waals surface area contributed by atoms with Crippen molar-refractivity contribution in [3.63, 3.8) is 0 Å². The van der Waals surface area contributed by atoms with Crippen LogP contribution in [0.4, 0.5) is 0 Å². The Hall–Kier alpha value is -2.88. The molecule has 21 heavy (non-hydrogen) atoms. The van der Waals surface area contributed by atoms with Crippen molar-refractivity contribution in [1.82, 2.24) is 9.55 Å². The first-order valence-electron chi connectivity index (χ1n) is 6.57. The van der Waals surface area contributed by atoms with Crippen molar-refractivity contribution < 1.29 is 9.90 Å². The molecule has 0 amide bonds. The highest BCUT2D eigenvalue weighted by Crippen LogP contribution is 2.33. The van der Waals surface area contributed by atoms with Crippen molar-refractivity contribution >= 4 is 22.9 Å². The number of aromatic nitrogens is 2. The van der Waals surface area contributed by atoms with Crippen molar-refractivity contribution in [2.45, 2.75) is 0 Å². The van der Waals surface area contributed by atoms with Gasteiger partial charge in [0.25, 0.3) is 0 Å². The van der Waals surface area contributed by atoms with Gasteiger partial charge in [0.1, 0.15) is 0 Å². The highest BCUT2D eigenvalue weighted by molar-refractivity contribution is 5.99. The van der Waals surface area contributed by atoms with Crippen LogP contribution in [0.2, 0.25) is 0 Å². The quantitative estimate of drug-likeness (QED) is 0.748. The lowest BCUT2D eigenvalue weighted by Gasteiger charge is -2.05. The fourth-order valence-corrected chi connectivity index (χ4v) is 2.58. The van der Waals surface area contributed by atoms with Crippen molar-refractivity contribution in [1.29, 1.82) is 0 Å². The molecule has 0 saturated carbocycles. The lowest BCUT2D eigenvalue weighted by molar-refractivity contribution is -0.131. The monoisotopic (exact) mass is 278 g/mol. The molecule has 4 heteroatoms. The predicted octanol–water partition coefficient (Wildman–Crippen LogP) is 3.34. The molecule has 0 aliphatic rings. The summed E-state index contributed by atoms with van der Waals surface area (Å²) in [6.07, 6.45) is 6.32. The van der Waals surface area contributed by atoms with Gasteiger partial charge in [0.05, 0.1) is 17.4 Å². The predicted molar refractivity (Wildman–Crippen MR) is 82.8 cm³/mol. The largest absolute Gasteiger partial charge is 0.478 e. The van der Waals surface area contributed by atoms with Crippen LogP contribution in [-0.2, 0) is 11.8 Å². The molecule has 0 aliphatic carbocycles. The molecule has 1 N–H and O–H groups in total. The molecular weight excluding hydrogens is 264 g/mol. The van der Waals surface area contributed by atoms with E-state index >= 15 is 0 Å². The van der Waals surface area contributed by atoms with E-state index in [2.05, 4.69) is 4.98 Å². The number of aryl methyl sites for hydroxylation is 1. The molecular formula is C17H14N2O2. The van der Waals surface area contributed by atoms with E-state index in [0.717, 1.165) is 27.7 Å². The maximum Gasteiger partial charge on any atom is 0.328 e. The summed E-state index contributed by atoms with van der Waals surface area (Å²) >= 11 is 0. The first-order chi connectivity index (χ1) is 10.2. The van der Waals surface area contributed by atoms with Crippen LogP contribution in [0.3, 0.4) is 0 Å². The SMILES string of the molecule is Cn1c(-c2ccccc2)c(C=CC(=O)O)c2ccncc21. The number of hydrogen-bond acceptors (Lipinski definition) is 2. The average Bonchev–Trinajstić information content (AvgIpc) is 2.79. The van der Waals surface area contributed by atoms with E-state index in [1.54, 1.807) is 18.5 Å². The van der Waals surface area contributed by atoms with Gasteiger partial charge in [-0.05, 0) is 17.7 Å². The maximum absolute atomic E-state index is 10.9. The highest BCUT2D eigenvalue weighted by Gasteiger charge is 2.14. The Morgan fingerprint density at radius 2 is 2.00 bits per heavy atom. The first-order valence-corrected chi connectivity index (χ1v) is 6.57. The van der Waals surface area contributed by atoms with Gasteiger partial charge < -0.3 is 9.67 Å². The zero-order valence-corrected chi connectivity index (χ0v) is 11.5. The molecule has 3 rings (SSSR count). The molecule has 0 saturated heterocycles. The molecule has 0 spiro atoms. The Kier molecular flexibility index (Phi) is 3.28. The summed E-state index contributed by atoms with van der Waals surface area (Å²) in [6, 6.07) is 11.8. The summed E-state index contributed by atoms with van der Waals surface area (Å²) < 4.78 is 2.04. The number of nitrogens with zero attached hydrogens (tertiary/aromatic N) is 2. The zero-order valence-electron chi connectivity index (χ0n) is 11.5. The molecule has 2 aromatic heterocycles. The van der Waals surface area contributed by atoms with E-state index in [9.17, 15) is 4.79 Å². The van der Waals surface area contributed by atoms with Gasteiger partial charge in [-0.3, -0.25) is 4.98 Å². The first kappa shape index (κ1) is 13.1. The number of hydrogen-bond donors (Lipinski definition) is 1. The number of carboxylic acids is 1. The van der Waals surface area contributed by atoms with Crippen molar-refractivity contribution in [3.05, 3.63) is 60.4 Å². The molecule has 0 unspecified atom stereocenters. The second kappa shape index (κ2) is 5.25. The number of carboxylic acid groups (broad SMARTS) is 1. The third-order valence-electron chi connectivity index (χ3n) is 3.48. The van der Waals surface area contributed by atoms with Gasteiger partial charge in [-0.2, -0.15) is 0 Å². The lowest BCUT2D eigenvalue weighted by atomic mass is 10.1. The van der Waals surface area contributed by atoms with E-state index < -0.39 is 5.97 Å². The van der Waals surface area contributed by atoms with Crippen LogP contribution in [0.25, 0.3) is 28.2 Å². The second-order valence-corrected chi connectivity index (χ2v) is 4.75. The molecule has 0 aliphatic heterocycles. The summed E-state index contributed by atoms with van der Waals surface area (Å²) in [4.78, 5) is 15.0. The van der Waals surface area contributed by atoms with Crippen LogP contribution >= 0.6 is 0 Å². The van der Waals surface area contributed by atoms with Gasteiger partial charge in [0.15, 0.2) is 0 Å². The highest BCUT2D eigenvalue weighted by atomic mass is 16.4. The Morgan fingerprint density at radius 3 is 2.71 bits per heavy atom. The van der Waals surface area contributed by atoms with Crippen LogP contribution in [0.5, 0.6) is 0 Å². The van der Waals surface area contributed by atoms with Gasteiger partial charge in [-0.15, -0.1) is 0 Å². The smallest absolute Gasteiger partial charge is 0.328 e. The molecule has 3 aromatic rings. The number of pyridine rings is 1. The minimum absolute atomic E-state index is 0.892. The molecule has 0 radical (unpaired) electrons. The molecule has 0 fully saturated rings. The van der Waals surface area contributed by atoms with Gasteiger partial charge in [0, 0.05) is 30.3 Å². The molecule has 0 bridgehead atoms. The third kappa shape index (κ3) is 2.31. The molecule has 0 atom stereocenters. The van der Waals surface area contributed by atoms with Gasteiger partial charge >= 0.3 is 5.97 Å². The van der Waals surface area contributed by atoms with Crippen LogP contribution in [0.15, 0.2) is 54.9 Å². The Bertz CT molecular complexity index is 833. The number of fused-ring (bicyclic) bond motifs is 1. The van der Waals surface area contributed by atoms with Crippen LogP contribution in [-0.4, -0.2) is 20.6 Å². The van der Waals surface area contributed by atoms with E-state index in [4.69, 9.17) is 5.11 Å². The molecule has 104 valence electrons. The molecule has 1 aromatic carbocycles. The Balaban J connectivity index is 2.34. The summed E-state index contributed by atoms with van der Waals surface area (Å²) in [5.41, 5.74) is 3.89.